The van der Waals surface area contributed by atoms with Gasteiger partial charge in [0.15, 0.2) is 0 Å². The second-order valence-corrected chi connectivity index (χ2v) is 18.4. The smallest absolute Gasteiger partial charge is 0.147 e. The Labute approximate surface area is 402 Å². The van der Waals surface area contributed by atoms with E-state index in [1.807, 2.05) is 0 Å². The van der Waals surface area contributed by atoms with Crippen LogP contribution in [0.25, 0.3) is 109 Å². The third-order valence-corrected chi connectivity index (χ3v) is 14.5. The molecule has 0 aliphatic carbocycles. The van der Waals surface area contributed by atoms with Crippen LogP contribution in [0, 0.1) is 0 Å². The van der Waals surface area contributed by atoms with Gasteiger partial charge in [-0.2, -0.15) is 0 Å². The second-order valence-electron chi connectivity index (χ2n) is 18.4. The molecule has 0 aliphatic heterocycles. The van der Waals surface area contributed by atoms with Crippen molar-refractivity contribution in [2.45, 2.75) is 0 Å². The van der Waals surface area contributed by atoms with Gasteiger partial charge in [-0.1, -0.05) is 133 Å². The van der Waals surface area contributed by atoms with Crippen LogP contribution < -0.4 is 9.80 Å². The number of hydrogen-bond acceptors (Lipinski definition) is 4. The summed E-state index contributed by atoms with van der Waals surface area (Å²) in [7, 11) is 0. The van der Waals surface area contributed by atoms with Crippen LogP contribution in [0.4, 0.5) is 34.1 Å². The van der Waals surface area contributed by atoms with E-state index < -0.39 is 0 Å². The van der Waals surface area contributed by atoms with Gasteiger partial charge in [-0.3, -0.25) is 0 Å². The fraction of sp³-hybridized carbons (Fsp3) is 0. The van der Waals surface area contributed by atoms with Gasteiger partial charge in [-0.15, -0.1) is 0 Å². The summed E-state index contributed by atoms with van der Waals surface area (Å²) in [5, 5.41) is 18.4. The van der Waals surface area contributed by atoms with Crippen LogP contribution in [-0.4, -0.2) is 0 Å². The Kier molecular flexibility index (Phi) is 8.33. The summed E-state index contributed by atoms with van der Waals surface area (Å²) in [4.78, 5) is 4.70. The van der Waals surface area contributed by atoms with E-state index in [1.165, 1.54) is 43.1 Å². The summed E-state index contributed by atoms with van der Waals surface area (Å²) in [6, 6.07) is 87.5. The first-order chi connectivity index (χ1) is 34.7. The van der Waals surface area contributed by atoms with Gasteiger partial charge in [-0.05, 0) is 163 Å². The Hall–Kier alpha value is -9.38. The molecule has 2 aromatic heterocycles. The monoisotopic (exact) mass is 892 g/mol. The fourth-order valence-corrected chi connectivity index (χ4v) is 11.2. The first kappa shape index (κ1) is 38.7. The Morgan fingerprint density at radius 3 is 1.16 bits per heavy atom. The van der Waals surface area contributed by atoms with Crippen molar-refractivity contribution in [1.29, 1.82) is 0 Å². The average molecular weight is 893 g/mol. The second kappa shape index (κ2) is 15.1. The van der Waals surface area contributed by atoms with Crippen LogP contribution in [0.3, 0.4) is 0 Å². The minimum absolute atomic E-state index is 0.806. The maximum absolute atomic E-state index is 7.04. The number of rotatable bonds is 6. The number of para-hydroxylation sites is 2. The predicted octanol–water partition coefficient (Wildman–Crippen LogP) is 19.3. The lowest BCUT2D eigenvalue weighted by Gasteiger charge is -2.26. The molecular weight excluding hydrogens is 853 g/mol. The minimum Gasteiger partial charge on any atom is -0.455 e. The van der Waals surface area contributed by atoms with Gasteiger partial charge in [0.2, 0.25) is 0 Å². The Balaban J connectivity index is 0.848. The molecule has 13 aromatic carbocycles. The molecule has 0 saturated heterocycles. The van der Waals surface area contributed by atoms with Crippen molar-refractivity contribution in [2.75, 3.05) is 9.80 Å². The Morgan fingerprint density at radius 1 is 0.214 bits per heavy atom. The van der Waals surface area contributed by atoms with E-state index in [0.717, 1.165) is 99.5 Å². The van der Waals surface area contributed by atoms with E-state index in [9.17, 15) is 0 Å². The molecule has 0 unspecified atom stereocenters. The standard InChI is InChI=1S/C66H40N2O2/c1-3-13-47(14-4-1)67(51-27-23-43-21-19-41-11-7-9-17-53(41)60(43)39-51)49-29-33-55-45(37-49)25-31-57-58-35-36-62-63(66(58)70-64(55)57)59-32-26-46-38-50(30-34-56(46)65(59)69-62)68(48-15-5-2-6-16-48)52-28-24-44-22-20-42-12-8-10-18-54(42)61(44)40-52/h1-40H. The van der Waals surface area contributed by atoms with Crippen LogP contribution in [0.5, 0.6) is 0 Å². The molecule has 0 amide bonds. The van der Waals surface area contributed by atoms with E-state index in [4.69, 9.17) is 8.83 Å². The first-order valence-corrected chi connectivity index (χ1v) is 23.9. The summed E-state index contributed by atoms with van der Waals surface area (Å²) in [5.41, 5.74) is 9.90. The van der Waals surface area contributed by atoms with Gasteiger partial charge in [-0.25, -0.2) is 0 Å². The molecular formula is C66H40N2O2. The first-order valence-electron chi connectivity index (χ1n) is 23.9. The Bertz CT molecular complexity index is 4610. The maximum Gasteiger partial charge on any atom is 0.147 e. The zero-order chi connectivity index (χ0) is 45.9. The molecule has 2 heterocycles. The quantitative estimate of drug-likeness (QED) is 0.156. The van der Waals surface area contributed by atoms with Crippen LogP contribution in [0.15, 0.2) is 251 Å². The molecule has 0 fully saturated rings. The van der Waals surface area contributed by atoms with Gasteiger partial charge in [0.05, 0.1) is 5.39 Å². The summed E-state index contributed by atoms with van der Waals surface area (Å²) >= 11 is 0. The molecule has 15 rings (SSSR count). The van der Waals surface area contributed by atoms with Crippen molar-refractivity contribution in [3.05, 3.63) is 243 Å². The molecule has 0 bridgehead atoms. The van der Waals surface area contributed by atoms with Crippen molar-refractivity contribution < 1.29 is 8.83 Å². The normalized spacial score (nSPS) is 12.0. The highest BCUT2D eigenvalue weighted by Gasteiger charge is 2.22. The highest BCUT2D eigenvalue weighted by molar-refractivity contribution is 6.27. The van der Waals surface area contributed by atoms with Crippen molar-refractivity contribution in [1.82, 2.24) is 0 Å². The lowest BCUT2D eigenvalue weighted by molar-refractivity contribution is 0.666. The van der Waals surface area contributed by atoms with Crippen molar-refractivity contribution >= 4 is 143 Å². The average Bonchev–Trinajstić information content (AvgIpc) is 4.01. The SMILES string of the molecule is c1ccc(N(c2ccc3c(ccc4c5ccc6oc7c8ccc(N(c9ccccc9)c9ccc%10ccc%11ccccc%11c%10c9)cc8ccc7c6c5oc34)c2)c2ccc3ccc4ccccc4c3c2)cc1. The van der Waals surface area contributed by atoms with E-state index >= 15 is 0 Å². The summed E-state index contributed by atoms with van der Waals surface area (Å²) in [5.74, 6) is 0. The van der Waals surface area contributed by atoms with Crippen LogP contribution in [0.2, 0.25) is 0 Å². The molecule has 70 heavy (non-hydrogen) atoms. The number of benzene rings is 13. The molecule has 0 spiro atoms. The third kappa shape index (κ3) is 5.90. The third-order valence-electron chi connectivity index (χ3n) is 14.5. The molecule has 0 N–H and O–H groups in total. The van der Waals surface area contributed by atoms with Gasteiger partial charge in [0, 0.05) is 61.1 Å². The zero-order valence-corrected chi connectivity index (χ0v) is 37.8. The largest absolute Gasteiger partial charge is 0.455 e. The minimum atomic E-state index is 0.806. The lowest BCUT2D eigenvalue weighted by atomic mass is 10.0. The van der Waals surface area contributed by atoms with Gasteiger partial charge < -0.3 is 18.6 Å². The van der Waals surface area contributed by atoms with Crippen LogP contribution in [-0.2, 0) is 0 Å². The molecule has 4 heteroatoms. The van der Waals surface area contributed by atoms with E-state index in [0.29, 0.717) is 0 Å². The van der Waals surface area contributed by atoms with Crippen molar-refractivity contribution in [2.24, 2.45) is 0 Å². The lowest BCUT2D eigenvalue weighted by Crippen LogP contribution is -2.09. The summed E-state index contributed by atoms with van der Waals surface area (Å²) in [6.07, 6.45) is 0. The highest BCUT2D eigenvalue weighted by atomic mass is 16.3. The number of nitrogens with zero attached hydrogens (tertiary/aromatic N) is 2. The van der Waals surface area contributed by atoms with E-state index in [-0.39, 0.29) is 0 Å². The number of hydrogen-bond donors (Lipinski definition) is 0. The topological polar surface area (TPSA) is 32.8 Å². The molecule has 15 aromatic rings. The number of anilines is 6. The van der Waals surface area contributed by atoms with Crippen molar-refractivity contribution in [3.8, 4) is 0 Å². The van der Waals surface area contributed by atoms with Gasteiger partial charge >= 0.3 is 0 Å². The maximum atomic E-state index is 7.04. The summed E-state index contributed by atoms with van der Waals surface area (Å²) in [6.45, 7) is 0. The molecule has 326 valence electrons. The van der Waals surface area contributed by atoms with Crippen LogP contribution >= 0.6 is 0 Å². The van der Waals surface area contributed by atoms with E-state index in [2.05, 4.69) is 252 Å². The predicted molar refractivity (Wildman–Crippen MR) is 295 cm³/mol. The molecule has 0 aliphatic rings. The molecule has 0 atom stereocenters. The van der Waals surface area contributed by atoms with E-state index in [1.54, 1.807) is 0 Å². The fourth-order valence-electron chi connectivity index (χ4n) is 11.2. The number of fused-ring (bicyclic) bond motifs is 17. The molecule has 0 saturated carbocycles. The van der Waals surface area contributed by atoms with Crippen molar-refractivity contribution in [3.63, 3.8) is 0 Å². The molecule has 4 nitrogen and oxygen atoms in total. The van der Waals surface area contributed by atoms with Gasteiger partial charge in [0.1, 0.15) is 22.3 Å². The Morgan fingerprint density at radius 2 is 0.600 bits per heavy atom. The summed E-state index contributed by atoms with van der Waals surface area (Å²) < 4.78 is 13.9. The van der Waals surface area contributed by atoms with Crippen LogP contribution in [0.1, 0.15) is 0 Å². The van der Waals surface area contributed by atoms with Gasteiger partial charge in [0.25, 0.3) is 0 Å². The number of furan rings is 2. The highest BCUT2D eigenvalue weighted by Crippen LogP contribution is 2.46. The molecule has 0 radical (unpaired) electrons. The zero-order valence-electron chi connectivity index (χ0n) is 37.8.